The van der Waals surface area contributed by atoms with Crippen molar-refractivity contribution in [3.63, 3.8) is 0 Å². The highest BCUT2D eigenvalue weighted by Crippen LogP contribution is 2.29. The van der Waals surface area contributed by atoms with Gasteiger partial charge >= 0.3 is 0 Å². The van der Waals surface area contributed by atoms with E-state index in [4.69, 9.17) is 0 Å². The highest BCUT2D eigenvalue weighted by atomic mass is 32.1. The van der Waals surface area contributed by atoms with Crippen molar-refractivity contribution in [2.75, 3.05) is 13.1 Å². The molecule has 0 aliphatic carbocycles. The number of amides is 2. The van der Waals surface area contributed by atoms with Crippen LogP contribution in [-0.2, 0) is 0 Å². The van der Waals surface area contributed by atoms with Gasteiger partial charge in [0.25, 0.3) is 11.8 Å². The van der Waals surface area contributed by atoms with E-state index in [1.54, 1.807) is 17.5 Å². The number of aryl methyl sites for hydroxylation is 4. The second-order valence-corrected chi connectivity index (χ2v) is 10.2. The monoisotopic (exact) mass is 472 g/mol. The molecule has 2 amide bonds. The standard InChI is InChI=1S/C27H28N4O2S/c1-16-9-10-20(13-17(16)2)22-7-5-6-8-23(22)26(33)30-12-11-21(30)14-28-25(32)24-15-29-27-31(24)18(3)19(4)34-27/h5-10,13,15,21H,11-12,14H2,1-4H3,(H,28,32). The third-order valence-electron chi connectivity index (χ3n) is 6.93. The van der Waals surface area contributed by atoms with Crippen LogP contribution in [0.3, 0.4) is 0 Å². The number of benzene rings is 2. The van der Waals surface area contributed by atoms with Crippen LogP contribution in [0.1, 0.15) is 49.0 Å². The predicted octanol–water partition coefficient (Wildman–Crippen LogP) is 4.94. The fraction of sp³-hybridized carbons (Fsp3) is 0.296. The van der Waals surface area contributed by atoms with Gasteiger partial charge in [-0.25, -0.2) is 4.98 Å². The number of carbonyl (C=O) groups is 2. The summed E-state index contributed by atoms with van der Waals surface area (Å²) in [5.41, 5.74) is 6.69. The van der Waals surface area contributed by atoms with Crippen molar-refractivity contribution < 1.29 is 9.59 Å². The van der Waals surface area contributed by atoms with E-state index in [0.29, 0.717) is 24.3 Å². The Morgan fingerprint density at radius 2 is 1.88 bits per heavy atom. The summed E-state index contributed by atoms with van der Waals surface area (Å²) in [4.78, 5) is 34.6. The number of nitrogens with zero attached hydrogens (tertiary/aromatic N) is 3. The zero-order valence-electron chi connectivity index (χ0n) is 19.9. The first kappa shape index (κ1) is 22.3. The minimum absolute atomic E-state index is 0.00961. The lowest BCUT2D eigenvalue weighted by atomic mass is 9.94. The Bertz CT molecular complexity index is 1420. The van der Waals surface area contributed by atoms with E-state index < -0.39 is 0 Å². The Balaban J connectivity index is 1.31. The van der Waals surface area contributed by atoms with Gasteiger partial charge in [-0.15, -0.1) is 11.3 Å². The number of nitrogens with one attached hydrogen (secondary N) is 1. The van der Waals surface area contributed by atoms with Crippen molar-refractivity contribution in [3.05, 3.63) is 81.6 Å². The van der Waals surface area contributed by atoms with Gasteiger partial charge in [-0.05, 0) is 62.4 Å². The molecule has 3 heterocycles. The third-order valence-corrected chi connectivity index (χ3v) is 8.00. The molecule has 1 saturated heterocycles. The molecule has 7 heteroatoms. The molecule has 1 aliphatic heterocycles. The Kier molecular flexibility index (Phi) is 5.73. The van der Waals surface area contributed by atoms with Crippen LogP contribution >= 0.6 is 11.3 Å². The minimum Gasteiger partial charge on any atom is -0.349 e. The largest absolute Gasteiger partial charge is 0.349 e. The van der Waals surface area contributed by atoms with E-state index in [-0.39, 0.29) is 17.9 Å². The van der Waals surface area contributed by atoms with Crippen LogP contribution in [0, 0.1) is 27.7 Å². The highest BCUT2D eigenvalue weighted by Gasteiger charge is 2.34. The number of hydrogen-bond acceptors (Lipinski definition) is 4. The number of hydrogen-bond donors (Lipinski definition) is 1. The van der Waals surface area contributed by atoms with Gasteiger partial charge in [0, 0.05) is 29.2 Å². The highest BCUT2D eigenvalue weighted by molar-refractivity contribution is 7.17. The lowest BCUT2D eigenvalue weighted by Gasteiger charge is -2.41. The number of fused-ring (bicyclic) bond motifs is 1. The van der Waals surface area contributed by atoms with Gasteiger partial charge in [-0.1, -0.05) is 36.4 Å². The summed E-state index contributed by atoms with van der Waals surface area (Å²) in [5, 5.41) is 3.02. The minimum atomic E-state index is -0.164. The van der Waals surface area contributed by atoms with Crippen LogP contribution in [0.2, 0.25) is 0 Å². The van der Waals surface area contributed by atoms with Gasteiger partial charge in [0.15, 0.2) is 4.96 Å². The Morgan fingerprint density at radius 1 is 1.09 bits per heavy atom. The first-order valence-electron chi connectivity index (χ1n) is 11.5. The fourth-order valence-corrected chi connectivity index (χ4v) is 5.41. The van der Waals surface area contributed by atoms with Crippen molar-refractivity contribution in [3.8, 4) is 11.1 Å². The number of carbonyl (C=O) groups excluding carboxylic acids is 2. The molecule has 5 rings (SSSR count). The van der Waals surface area contributed by atoms with Gasteiger partial charge in [0.2, 0.25) is 0 Å². The van der Waals surface area contributed by atoms with Crippen LogP contribution in [-0.4, -0.2) is 45.2 Å². The SMILES string of the molecule is Cc1ccc(-c2ccccc2C(=O)N2CCC2CNC(=O)c2cnc3sc(C)c(C)n23)cc1C. The Labute approximate surface area is 203 Å². The Hall–Kier alpha value is -3.45. The average Bonchev–Trinajstić information content (AvgIpc) is 3.34. The van der Waals surface area contributed by atoms with Crippen LogP contribution in [0.15, 0.2) is 48.7 Å². The molecule has 0 bridgehead atoms. The third kappa shape index (κ3) is 3.80. The van der Waals surface area contributed by atoms with Crippen molar-refractivity contribution in [1.29, 1.82) is 0 Å². The molecule has 2 aromatic heterocycles. The van der Waals surface area contributed by atoms with Gasteiger partial charge in [0.1, 0.15) is 5.69 Å². The number of likely N-dealkylation sites (tertiary alicyclic amines) is 1. The first-order chi connectivity index (χ1) is 16.3. The molecule has 4 aromatic rings. The number of thiazole rings is 1. The molecule has 0 spiro atoms. The van der Waals surface area contributed by atoms with E-state index in [2.05, 4.69) is 42.3 Å². The summed E-state index contributed by atoms with van der Waals surface area (Å²) >= 11 is 1.58. The maximum absolute atomic E-state index is 13.5. The van der Waals surface area contributed by atoms with Crippen molar-refractivity contribution >= 4 is 28.1 Å². The lowest BCUT2D eigenvalue weighted by Crippen LogP contribution is -2.56. The van der Waals surface area contributed by atoms with Gasteiger partial charge in [-0.3, -0.25) is 14.0 Å². The first-order valence-corrected chi connectivity index (χ1v) is 12.4. The van der Waals surface area contributed by atoms with Gasteiger partial charge in [-0.2, -0.15) is 0 Å². The van der Waals surface area contributed by atoms with Gasteiger partial charge < -0.3 is 10.2 Å². The zero-order chi connectivity index (χ0) is 24.0. The van der Waals surface area contributed by atoms with Crippen LogP contribution in [0.5, 0.6) is 0 Å². The maximum Gasteiger partial charge on any atom is 0.270 e. The topological polar surface area (TPSA) is 66.7 Å². The van der Waals surface area contributed by atoms with E-state index in [9.17, 15) is 9.59 Å². The normalized spacial score (nSPS) is 15.4. The molecule has 34 heavy (non-hydrogen) atoms. The molecule has 1 aliphatic rings. The molecule has 1 atom stereocenters. The van der Waals surface area contributed by atoms with Crippen molar-refractivity contribution in [2.24, 2.45) is 0 Å². The molecule has 1 N–H and O–H groups in total. The molecule has 0 saturated carbocycles. The average molecular weight is 473 g/mol. The van der Waals surface area contributed by atoms with Gasteiger partial charge in [0.05, 0.1) is 12.2 Å². The Morgan fingerprint density at radius 3 is 2.62 bits per heavy atom. The number of imidazole rings is 1. The summed E-state index contributed by atoms with van der Waals surface area (Å²) in [6.45, 7) is 9.32. The van der Waals surface area contributed by atoms with E-state index in [1.807, 2.05) is 47.4 Å². The molecule has 1 fully saturated rings. The van der Waals surface area contributed by atoms with E-state index in [1.165, 1.54) is 11.1 Å². The van der Waals surface area contributed by atoms with E-state index >= 15 is 0 Å². The molecule has 174 valence electrons. The smallest absolute Gasteiger partial charge is 0.270 e. The summed E-state index contributed by atoms with van der Waals surface area (Å²) in [5.74, 6) is -0.154. The second-order valence-electron chi connectivity index (χ2n) is 9.00. The van der Waals surface area contributed by atoms with Crippen LogP contribution < -0.4 is 5.32 Å². The molecule has 6 nitrogen and oxygen atoms in total. The predicted molar refractivity (Wildman–Crippen MR) is 136 cm³/mol. The number of rotatable bonds is 5. The summed E-state index contributed by atoms with van der Waals surface area (Å²) < 4.78 is 1.90. The molecule has 2 aromatic carbocycles. The molecular formula is C27H28N4O2S. The summed E-state index contributed by atoms with van der Waals surface area (Å²) in [6.07, 6.45) is 2.49. The van der Waals surface area contributed by atoms with Crippen molar-refractivity contribution in [2.45, 2.75) is 40.2 Å². The quantitative estimate of drug-likeness (QED) is 0.447. The van der Waals surface area contributed by atoms with Crippen molar-refractivity contribution in [1.82, 2.24) is 19.6 Å². The molecule has 0 radical (unpaired) electrons. The molecule has 1 unspecified atom stereocenters. The summed E-state index contributed by atoms with van der Waals surface area (Å²) in [7, 11) is 0. The maximum atomic E-state index is 13.5. The van der Waals surface area contributed by atoms with Crippen LogP contribution in [0.4, 0.5) is 0 Å². The zero-order valence-corrected chi connectivity index (χ0v) is 20.7. The molecular weight excluding hydrogens is 444 g/mol. The second kappa shape index (κ2) is 8.72. The fourth-order valence-electron chi connectivity index (χ4n) is 4.47. The van der Waals surface area contributed by atoms with E-state index in [0.717, 1.165) is 33.1 Å². The summed E-state index contributed by atoms with van der Waals surface area (Å²) in [6, 6.07) is 14.1. The number of aromatic nitrogens is 2. The lowest BCUT2D eigenvalue weighted by molar-refractivity contribution is 0.0456. The van der Waals surface area contributed by atoms with Crippen LogP contribution in [0.25, 0.3) is 16.1 Å².